The van der Waals surface area contributed by atoms with Gasteiger partial charge >= 0.3 is 0 Å². The van der Waals surface area contributed by atoms with Crippen molar-refractivity contribution in [3.05, 3.63) is 11.7 Å². The van der Waals surface area contributed by atoms with E-state index in [9.17, 15) is 8.78 Å². The molecular weight excluding hydrogens is 242 g/mol. The third-order valence-electron chi connectivity index (χ3n) is 4.23. The Morgan fingerprint density at radius 2 is 2.17 bits per heavy atom. The van der Waals surface area contributed by atoms with Crippen LogP contribution >= 0.6 is 0 Å². The Balaban J connectivity index is 1.66. The quantitative estimate of drug-likeness (QED) is 0.898. The summed E-state index contributed by atoms with van der Waals surface area (Å²) in [7, 11) is 0. The van der Waals surface area contributed by atoms with Gasteiger partial charge in [-0.25, -0.2) is 8.78 Å². The van der Waals surface area contributed by atoms with Gasteiger partial charge in [-0.2, -0.15) is 4.98 Å². The molecule has 4 unspecified atom stereocenters. The molecule has 2 aliphatic rings. The van der Waals surface area contributed by atoms with Gasteiger partial charge in [0.15, 0.2) is 5.82 Å². The number of hydrogen-bond acceptors (Lipinski definition) is 4. The third-order valence-corrected chi connectivity index (χ3v) is 4.23. The van der Waals surface area contributed by atoms with Crippen LogP contribution in [-0.2, 0) is 6.42 Å². The zero-order valence-electron chi connectivity index (χ0n) is 9.93. The lowest BCUT2D eigenvalue weighted by atomic mass is 9.88. The number of hydrogen-bond donors (Lipinski definition) is 1. The second-order valence-corrected chi connectivity index (χ2v) is 5.43. The van der Waals surface area contributed by atoms with E-state index in [-0.39, 0.29) is 12.3 Å². The van der Waals surface area contributed by atoms with E-state index in [1.807, 2.05) is 0 Å². The summed E-state index contributed by atoms with van der Waals surface area (Å²) in [5.74, 6) is 2.47. The molecule has 2 bridgehead atoms. The molecule has 0 aromatic carbocycles. The molecule has 0 amide bonds. The van der Waals surface area contributed by atoms with Gasteiger partial charge < -0.3 is 9.63 Å². The van der Waals surface area contributed by atoms with E-state index >= 15 is 0 Å². The van der Waals surface area contributed by atoms with Gasteiger partial charge in [0.2, 0.25) is 5.89 Å². The summed E-state index contributed by atoms with van der Waals surface area (Å²) in [6.45, 7) is 0. The van der Waals surface area contributed by atoms with E-state index in [0.717, 1.165) is 12.3 Å². The molecule has 0 spiro atoms. The fourth-order valence-electron chi connectivity index (χ4n) is 3.33. The minimum absolute atomic E-state index is 0.112. The maximum Gasteiger partial charge on any atom is 0.264 e. The van der Waals surface area contributed by atoms with Crippen molar-refractivity contribution < 1.29 is 18.4 Å². The summed E-state index contributed by atoms with van der Waals surface area (Å²) < 4.78 is 29.4. The molecule has 1 aromatic heterocycles. The highest BCUT2D eigenvalue weighted by atomic mass is 19.3. The molecule has 0 aliphatic heterocycles. The zero-order valence-corrected chi connectivity index (χ0v) is 9.93. The highest BCUT2D eigenvalue weighted by Crippen LogP contribution is 2.52. The Hall–Kier alpha value is -1.04. The van der Waals surface area contributed by atoms with Crippen LogP contribution in [0.15, 0.2) is 4.52 Å². The summed E-state index contributed by atoms with van der Waals surface area (Å²) in [5, 5.41) is 13.0. The molecule has 4 atom stereocenters. The van der Waals surface area contributed by atoms with Crippen LogP contribution in [-0.4, -0.2) is 27.8 Å². The van der Waals surface area contributed by atoms with Crippen LogP contribution in [0.3, 0.4) is 0 Å². The molecule has 100 valence electrons. The Bertz CT molecular complexity index is 424. The first-order valence-electron chi connectivity index (χ1n) is 6.42. The predicted molar refractivity (Wildman–Crippen MR) is 58.2 cm³/mol. The highest BCUT2D eigenvalue weighted by Gasteiger charge is 2.42. The molecule has 0 saturated heterocycles. The fourth-order valence-corrected chi connectivity index (χ4v) is 3.33. The van der Waals surface area contributed by atoms with Crippen molar-refractivity contribution in [3.63, 3.8) is 0 Å². The maximum absolute atomic E-state index is 12.2. The van der Waals surface area contributed by atoms with E-state index in [4.69, 9.17) is 9.63 Å². The molecule has 4 nitrogen and oxygen atoms in total. The third kappa shape index (κ3) is 2.13. The standard InChI is InChI=1S/C12H16F2N2O2/c13-11(14)9(17)5-10-15-12(16-18-10)8-4-6-1-2-7(8)3-6/h6-9,11,17H,1-5H2. The Morgan fingerprint density at radius 1 is 1.33 bits per heavy atom. The van der Waals surface area contributed by atoms with Crippen molar-refractivity contribution in [2.24, 2.45) is 11.8 Å². The Morgan fingerprint density at radius 3 is 2.78 bits per heavy atom. The van der Waals surface area contributed by atoms with Crippen molar-refractivity contribution in [2.75, 3.05) is 0 Å². The van der Waals surface area contributed by atoms with E-state index < -0.39 is 12.5 Å². The summed E-state index contributed by atoms with van der Waals surface area (Å²) in [4.78, 5) is 4.16. The molecule has 6 heteroatoms. The number of aromatic nitrogens is 2. The predicted octanol–water partition coefficient (Wildman–Crippen LogP) is 2.14. The van der Waals surface area contributed by atoms with Gasteiger partial charge in [0.25, 0.3) is 6.43 Å². The minimum Gasteiger partial charge on any atom is -0.387 e. The number of nitrogens with zero attached hydrogens (tertiary/aromatic N) is 2. The Labute approximate surface area is 103 Å². The largest absolute Gasteiger partial charge is 0.387 e. The van der Waals surface area contributed by atoms with Crippen LogP contribution in [0.2, 0.25) is 0 Å². The molecule has 1 heterocycles. The van der Waals surface area contributed by atoms with E-state index in [2.05, 4.69) is 10.1 Å². The summed E-state index contributed by atoms with van der Waals surface area (Å²) in [6.07, 6.45) is 0.0383. The van der Waals surface area contributed by atoms with Gasteiger partial charge in [0.05, 0.1) is 6.42 Å². The van der Waals surface area contributed by atoms with Crippen molar-refractivity contribution in [1.29, 1.82) is 0 Å². The lowest BCUT2D eigenvalue weighted by Gasteiger charge is -2.17. The van der Waals surface area contributed by atoms with Gasteiger partial charge in [-0.05, 0) is 31.1 Å². The topological polar surface area (TPSA) is 59.2 Å². The van der Waals surface area contributed by atoms with Gasteiger partial charge in [0, 0.05) is 5.92 Å². The van der Waals surface area contributed by atoms with Gasteiger partial charge in [-0.3, -0.25) is 0 Å². The first kappa shape index (κ1) is 12.0. The molecule has 2 fully saturated rings. The average Bonchev–Trinajstić information content (AvgIpc) is 3.03. The number of aliphatic hydroxyl groups is 1. The number of alkyl halides is 2. The average molecular weight is 258 g/mol. The number of halogens is 2. The number of aliphatic hydroxyl groups excluding tert-OH is 1. The van der Waals surface area contributed by atoms with Crippen molar-refractivity contribution in [1.82, 2.24) is 10.1 Å². The second-order valence-electron chi connectivity index (χ2n) is 5.43. The van der Waals surface area contributed by atoms with Crippen LogP contribution in [0.25, 0.3) is 0 Å². The first-order valence-corrected chi connectivity index (χ1v) is 6.42. The zero-order chi connectivity index (χ0) is 12.7. The first-order chi connectivity index (χ1) is 8.63. The molecule has 18 heavy (non-hydrogen) atoms. The van der Waals surface area contributed by atoms with Gasteiger partial charge in [0.1, 0.15) is 6.10 Å². The molecule has 1 aromatic rings. The summed E-state index contributed by atoms with van der Waals surface area (Å²) >= 11 is 0. The number of fused-ring (bicyclic) bond motifs is 2. The second kappa shape index (κ2) is 4.57. The van der Waals surface area contributed by atoms with Crippen molar-refractivity contribution in [3.8, 4) is 0 Å². The van der Waals surface area contributed by atoms with E-state index in [0.29, 0.717) is 17.7 Å². The van der Waals surface area contributed by atoms with E-state index in [1.54, 1.807) is 0 Å². The molecular formula is C12H16F2N2O2. The molecule has 3 rings (SSSR count). The minimum atomic E-state index is -2.78. The summed E-state index contributed by atoms with van der Waals surface area (Å²) in [6, 6.07) is 0. The van der Waals surface area contributed by atoms with Crippen LogP contribution in [0.5, 0.6) is 0 Å². The van der Waals surface area contributed by atoms with Crippen LogP contribution in [0, 0.1) is 11.8 Å². The van der Waals surface area contributed by atoms with Crippen LogP contribution < -0.4 is 0 Å². The monoisotopic (exact) mass is 258 g/mol. The smallest absolute Gasteiger partial charge is 0.264 e. The number of rotatable bonds is 4. The molecule has 1 N–H and O–H groups in total. The Kier molecular flexibility index (Phi) is 3.05. The lowest BCUT2D eigenvalue weighted by Crippen LogP contribution is -2.20. The fraction of sp³-hybridized carbons (Fsp3) is 0.833. The van der Waals surface area contributed by atoms with Crippen LogP contribution in [0.1, 0.15) is 43.3 Å². The summed E-state index contributed by atoms with van der Waals surface area (Å²) in [5.41, 5.74) is 0. The molecule has 2 saturated carbocycles. The van der Waals surface area contributed by atoms with Gasteiger partial charge in [-0.1, -0.05) is 11.6 Å². The van der Waals surface area contributed by atoms with E-state index in [1.165, 1.54) is 19.3 Å². The SMILES string of the molecule is OC(Cc1nc(C2CC3CCC2C3)no1)C(F)F. The van der Waals surface area contributed by atoms with Gasteiger partial charge in [-0.15, -0.1) is 0 Å². The normalized spacial score (nSPS) is 32.3. The lowest BCUT2D eigenvalue weighted by molar-refractivity contribution is -0.00754. The molecule has 0 radical (unpaired) electrons. The van der Waals surface area contributed by atoms with Crippen LogP contribution in [0.4, 0.5) is 8.78 Å². The van der Waals surface area contributed by atoms with Crippen molar-refractivity contribution in [2.45, 2.75) is 50.6 Å². The molecule has 2 aliphatic carbocycles. The van der Waals surface area contributed by atoms with Crippen molar-refractivity contribution >= 4 is 0 Å². The maximum atomic E-state index is 12.2. The highest BCUT2D eigenvalue weighted by molar-refractivity contribution is 5.06.